The van der Waals surface area contributed by atoms with Gasteiger partial charge in [-0.05, 0) is 195 Å². The van der Waals surface area contributed by atoms with E-state index in [9.17, 15) is 0 Å². The van der Waals surface area contributed by atoms with Crippen LogP contribution in [-0.2, 0) is 0 Å². The molecule has 6 heteroatoms. The predicted molar refractivity (Wildman–Crippen MR) is 516 cm³/mol. The molecule has 0 saturated heterocycles. The van der Waals surface area contributed by atoms with Crippen molar-refractivity contribution in [3.05, 3.63) is 449 Å². The van der Waals surface area contributed by atoms with Crippen molar-refractivity contribution in [2.75, 3.05) is 0 Å². The van der Waals surface area contributed by atoms with E-state index >= 15 is 0 Å². The molecule has 0 bridgehead atoms. The van der Waals surface area contributed by atoms with Crippen molar-refractivity contribution in [3.8, 4) is 78.6 Å². The molecule has 0 aliphatic heterocycles. The normalized spacial score (nSPS) is 11.9. The zero-order chi connectivity index (χ0) is 80.0. The minimum absolute atomic E-state index is 1.15. The lowest BCUT2D eigenvalue weighted by Crippen LogP contribution is -1.99. The molecule has 0 fully saturated rings. The first kappa shape index (κ1) is 68.9. The SMILES string of the molecule is c1ccc(-c2cccc(-n3c4ccccc4c4cc(-c5ccc6c(c5)c5ccc7c(c8ccccc8n7-c7ccccc7)c5n6-c5cccc6ccccc56)ccc43)c2)cc1.c1ccc(-c2cccc(-n3c4ccccc4c4cc(-c5ccc6c(c5)c5ccc7c8ccccc8n(-c8ccccc8)c7c5n6-c5cccc6ccccc56)ccc43)c2)cc1. The molecule has 6 heterocycles. The maximum Gasteiger partial charge on any atom is 0.0789 e. The van der Waals surface area contributed by atoms with Crippen molar-refractivity contribution in [2.45, 2.75) is 0 Å². The largest absolute Gasteiger partial charge is 0.309 e. The van der Waals surface area contributed by atoms with Crippen molar-refractivity contribution < 1.29 is 0 Å². The highest BCUT2D eigenvalue weighted by Crippen LogP contribution is 2.48. The van der Waals surface area contributed by atoms with Gasteiger partial charge >= 0.3 is 0 Å². The fourth-order valence-corrected chi connectivity index (χ4v) is 20.2. The maximum atomic E-state index is 2.53. The molecule has 6 nitrogen and oxygen atoms in total. The summed E-state index contributed by atoms with van der Waals surface area (Å²) in [6, 6.07) is 164. The van der Waals surface area contributed by atoms with Crippen molar-refractivity contribution in [1.29, 1.82) is 0 Å². The molecule has 0 N–H and O–H groups in total. The quantitative estimate of drug-likeness (QED) is 0.131. The molecule has 26 aromatic rings. The molecule has 0 atom stereocenters. The Labute approximate surface area is 702 Å². The van der Waals surface area contributed by atoms with E-state index in [1.54, 1.807) is 0 Å². The van der Waals surface area contributed by atoms with Gasteiger partial charge in [-0.2, -0.15) is 0 Å². The number of aromatic nitrogens is 6. The standard InChI is InChI=1S/2C58H37N3/c1-3-15-38(16-4-1)40-19-13-22-44(35-40)59-53-26-11-10-25-47(53)50-36-41(29-33-55(50)59)42-30-34-56-51(37-42)49-32-31-48-46-24-9-12-27-54(46)60(43-20-5-2-6-21-43)57(48)58(49)61(56)52-28-14-18-39-17-7-8-23-45(39)52;1-3-15-38(16-4-1)40-19-13-22-44(35-40)60-52-26-11-9-24-46(52)49-36-41(29-32-54(49)60)42-30-33-55-50(37-42)47-31-34-56-57(48-25-10-12-27-53(48)59(56)43-20-5-2-6-21-43)58(47)61(55)51-28-14-18-39-17-7-8-23-45(39)51/h2*1-37H. The third-order valence-electron chi connectivity index (χ3n) is 25.6. The summed E-state index contributed by atoms with van der Waals surface area (Å²) in [4.78, 5) is 0. The molecule has 0 unspecified atom stereocenters. The third kappa shape index (κ3) is 10.7. The lowest BCUT2D eigenvalue weighted by Gasteiger charge is -2.14. The van der Waals surface area contributed by atoms with E-state index in [0.29, 0.717) is 0 Å². The van der Waals surface area contributed by atoms with Crippen LogP contribution in [0.2, 0.25) is 0 Å². The minimum atomic E-state index is 1.15. The van der Waals surface area contributed by atoms with Gasteiger partial charge < -0.3 is 27.4 Å². The van der Waals surface area contributed by atoms with E-state index in [2.05, 4.69) is 476 Å². The van der Waals surface area contributed by atoms with Crippen LogP contribution in [0.25, 0.3) is 231 Å². The molecule has 122 heavy (non-hydrogen) atoms. The van der Waals surface area contributed by atoms with Gasteiger partial charge in [0.25, 0.3) is 0 Å². The summed E-state index contributed by atoms with van der Waals surface area (Å²) >= 11 is 0. The minimum Gasteiger partial charge on any atom is -0.309 e. The number of nitrogens with zero attached hydrogens (tertiary/aromatic N) is 6. The summed E-state index contributed by atoms with van der Waals surface area (Å²) in [7, 11) is 0. The van der Waals surface area contributed by atoms with Crippen LogP contribution in [0.3, 0.4) is 0 Å². The number of para-hydroxylation sites is 6. The zero-order valence-electron chi connectivity index (χ0n) is 66.4. The summed E-state index contributed by atoms with van der Waals surface area (Å²) in [5, 5.41) is 19.8. The highest BCUT2D eigenvalue weighted by Gasteiger charge is 2.27. The van der Waals surface area contributed by atoms with Gasteiger partial charge in [0.05, 0.1) is 77.6 Å². The summed E-state index contributed by atoms with van der Waals surface area (Å²) in [6.07, 6.45) is 0. The number of hydrogen-bond acceptors (Lipinski definition) is 0. The van der Waals surface area contributed by atoms with E-state index in [0.717, 1.165) is 22.7 Å². The number of rotatable bonds is 10. The van der Waals surface area contributed by atoms with Crippen LogP contribution >= 0.6 is 0 Å². The van der Waals surface area contributed by atoms with Crippen LogP contribution in [0.4, 0.5) is 0 Å². The molecule has 0 spiro atoms. The molecule has 6 aromatic heterocycles. The lowest BCUT2D eigenvalue weighted by molar-refractivity contribution is 1.16. The molecule has 568 valence electrons. The van der Waals surface area contributed by atoms with Crippen LogP contribution in [-0.4, -0.2) is 27.4 Å². The van der Waals surface area contributed by atoms with Crippen molar-refractivity contribution >= 4 is 152 Å². The van der Waals surface area contributed by atoms with Crippen molar-refractivity contribution in [3.63, 3.8) is 0 Å². The molecule has 0 aliphatic rings. The van der Waals surface area contributed by atoms with Gasteiger partial charge in [-0.15, -0.1) is 0 Å². The molecular weight excluding hydrogens is 1480 g/mol. The van der Waals surface area contributed by atoms with Crippen LogP contribution in [0.1, 0.15) is 0 Å². The van der Waals surface area contributed by atoms with Gasteiger partial charge in [-0.25, -0.2) is 0 Å². The Hall–Kier alpha value is -16.3. The summed E-state index contributed by atoms with van der Waals surface area (Å²) in [5.74, 6) is 0. The summed E-state index contributed by atoms with van der Waals surface area (Å²) < 4.78 is 14.8. The van der Waals surface area contributed by atoms with Crippen molar-refractivity contribution in [1.82, 2.24) is 27.4 Å². The average Bonchev–Trinajstić information content (AvgIpc) is 1.54. The average molecular weight is 1550 g/mol. The molecular formula is C116H74N6. The summed E-state index contributed by atoms with van der Waals surface area (Å²) in [5.41, 5.74) is 31.0. The first-order valence-electron chi connectivity index (χ1n) is 42.0. The monoisotopic (exact) mass is 1550 g/mol. The Bertz CT molecular complexity index is 8740. The highest BCUT2D eigenvalue weighted by molar-refractivity contribution is 6.28. The topological polar surface area (TPSA) is 29.6 Å². The Morgan fingerprint density at radius 1 is 0.123 bits per heavy atom. The Morgan fingerprint density at radius 2 is 0.393 bits per heavy atom. The van der Waals surface area contributed by atoms with E-state index in [4.69, 9.17) is 0 Å². The number of hydrogen-bond donors (Lipinski definition) is 0. The van der Waals surface area contributed by atoms with Gasteiger partial charge in [-0.1, -0.05) is 309 Å². The number of fused-ring (bicyclic) bond motifs is 22. The van der Waals surface area contributed by atoms with Gasteiger partial charge in [0, 0.05) is 98.2 Å². The van der Waals surface area contributed by atoms with Gasteiger partial charge in [0.2, 0.25) is 0 Å². The van der Waals surface area contributed by atoms with Crippen LogP contribution < -0.4 is 0 Å². The first-order chi connectivity index (χ1) is 60.6. The maximum absolute atomic E-state index is 2.53. The van der Waals surface area contributed by atoms with Crippen LogP contribution in [0.15, 0.2) is 449 Å². The van der Waals surface area contributed by atoms with Gasteiger partial charge in [0.1, 0.15) is 0 Å². The van der Waals surface area contributed by atoms with E-state index < -0.39 is 0 Å². The second-order valence-corrected chi connectivity index (χ2v) is 32.2. The number of benzene rings is 20. The smallest absolute Gasteiger partial charge is 0.0789 e. The second kappa shape index (κ2) is 27.7. The van der Waals surface area contributed by atoms with Crippen molar-refractivity contribution in [2.24, 2.45) is 0 Å². The van der Waals surface area contributed by atoms with Gasteiger partial charge in [0.15, 0.2) is 0 Å². The highest BCUT2D eigenvalue weighted by atomic mass is 15.1. The molecule has 0 aliphatic carbocycles. The zero-order valence-corrected chi connectivity index (χ0v) is 66.4. The van der Waals surface area contributed by atoms with Crippen LogP contribution in [0.5, 0.6) is 0 Å². The summed E-state index contributed by atoms with van der Waals surface area (Å²) in [6.45, 7) is 0. The third-order valence-corrected chi connectivity index (χ3v) is 25.6. The molecule has 0 saturated carbocycles. The second-order valence-electron chi connectivity index (χ2n) is 32.2. The lowest BCUT2D eigenvalue weighted by atomic mass is 10.00. The van der Waals surface area contributed by atoms with E-state index in [1.807, 2.05) is 0 Å². The first-order valence-corrected chi connectivity index (χ1v) is 42.0. The Morgan fingerprint density at radius 3 is 0.869 bits per heavy atom. The Kier molecular flexibility index (Phi) is 15.6. The van der Waals surface area contributed by atoms with Gasteiger partial charge in [-0.3, -0.25) is 0 Å². The van der Waals surface area contributed by atoms with E-state index in [1.165, 1.54) is 208 Å². The molecule has 0 radical (unpaired) electrons. The molecule has 26 rings (SSSR count). The molecule has 20 aromatic carbocycles. The fraction of sp³-hybridized carbons (Fsp3) is 0. The fourth-order valence-electron chi connectivity index (χ4n) is 20.2. The predicted octanol–water partition coefficient (Wildman–Crippen LogP) is 30.9. The molecule has 0 amide bonds. The Balaban J connectivity index is 0.000000134. The van der Waals surface area contributed by atoms with Crippen LogP contribution in [0, 0.1) is 0 Å². The van der Waals surface area contributed by atoms with E-state index in [-0.39, 0.29) is 0 Å².